The van der Waals surface area contributed by atoms with Crippen LogP contribution in [0, 0.1) is 0 Å². The van der Waals surface area contributed by atoms with Gasteiger partial charge in [0, 0.05) is 4.90 Å². The lowest BCUT2D eigenvalue weighted by Gasteiger charge is -2.14. The van der Waals surface area contributed by atoms with Gasteiger partial charge in [-0.25, -0.2) is 4.79 Å². The van der Waals surface area contributed by atoms with Crippen molar-refractivity contribution in [3.05, 3.63) is 24.3 Å². The van der Waals surface area contributed by atoms with Gasteiger partial charge in [0.2, 0.25) is 5.91 Å². The molecule has 21 heavy (non-hydrogen) atoms. The van der Waals surface area contributed by atoms with E-state index in [0.29, 0.717) is 6.42 Å². The first kappa shape index (κ1) is 17.4. The van der Waals surface area contributed by atoms with E-state index in [1.165, 1.54) is 11.8 Å². The van der Waals surface area contributed by atoms with Gasteiger partial charge in [-0.2, -0.15) is 0 Å². The van der Waals surface area contributed by atoms with Crippen molar-refractivity contribution in [2.45, 2.75) is 37.1 Å². The topological polar surface area (TPSA) is 75.6 Å². The molecule has 6 heteroatoms. The maximum Gasteiger partial charge on any atom is 0.326 e. The Morgan fingerprint density at radius 3 is 2.81 bits per heavy atom. The predicted octanol–water partition coefficient (Wildman–Crippen LogP) is 2.55. The highest BCUT2D eigenvalue weighted by atomic mass is 32.2. The van der Waals surface area contributed by atoms with Crippen LogP contribution in [0.5, 0.6) is 5.75 Å². The van der Waals surface area contributed by atoms with Crippen molar-refractivity contribution < 1.29 is 19.4 Å². The van der Waals surface area contributed by atoms with E-state index in [1.807, 2.05) is 31.2 Å². The van der Waals surface area contributed by atoms with E-state index >= 15 is 0 Å². The van der Waals surface area contributed by atoms with Crippen LogP contribution in [0.3, 0.4) is 0 Å². The van der Waals surface area contributed by atoms with Crippen LogP contribution in [0.2, 0.25) is 0 Å². The maximum atomic E-state index is 11.8. The van der Waals surface area contributed by atoms with Crippen molar-refractivity contribution in [1.82, 2.24) is 5.32 Å². The van der Waals surface area contributed by atoms with Crippen molar-refractivity contribution >= 4 is 23.6 Å². The fraction of sp³-hybridized carbons (Fsp3) is 0.467. The Hall–Kier alpha value is -1.69. The number of carbonyl (C=O) groups excluding carboxylic acids is 1. The van der Waals surface area contributed by atoms with Crippen LogP contribution in [0.4, 0.5) is 0 Å². The zero-order chi connectivity index (χ0) is 15.7. The highest BCUT2D eigenvalue weighted by Crippen LogP contribution is 2.22. The van der Waals surface area contributed by atoms with E-state index in [4.69, 9.17) is 9.84 Å². The Morgan fingerprint density at radius 2 is 2.19 bits per heavy atom. The molecule has 0 radical (unpaired) electrons. The summed E-state index contributed by atoms with van der Waals surface area (Å²) in [6, 6.07) is 6.59. The summed E-state index contributed by atoms with van der Waals surface area (Å²) < 4.78 is 5.11. The second kappa shape index (κ2) is 9.28. The highest BCUT2D eigenvalue weighted by Gasteiger charge is 2.19. The fourth-order valence-electron chi connectivity index (χ4n) is 1.74. The molecule has 0 bridgehead atoms. The van der Waals surface area contributed by atoms with E-state index in [9.17, 15) is 9.59 Å². The molecule has 0 aliphatic rings. The molecule has 0 fully saturated rings. The summed E-state index contributed by atoms with van der Waals surface area (Å²) >= 11 is 1.35. The number of benzene rings is 1. The summed E-state index contributed by atoms with van der Waals surface area (Å²) in [5.74, 6) is -0.343. The zero-order valence-corrected chi connectivity index (χ0v) is 13.1. The van der Waals surface area contributed by atoms with Crippen molar-refractivity contribution in [3.8, 4) is 5.75 Å². The smallest absolute Gasteiger partial charge is 0.326 e. The molecule has 0 aliphatic heterocycles. The third-order valence-corrected chi connectivity index (χ3v) is 3.88. The SMILES string of the molecule is CCCCC(NC(=O)CSc1cccc(OC)c1)C(=O)O. The summed E-state index contributed by atoms with van der Waals surface area (Å²) in [6.07, 6.45) is 2.14. The van der Waals surface area contributed by atoms with Gasteiger partial charge in [0.15, 0.2) is 0 Å². The van der Waals surface area contributed by atoms with E-state index < -0.39 is 12.0 Å². The van der Waals surface area contributed by atoms with Gasteiger partial charge < -0.3 is 15.2 Å². The lowest BCUT2D eigenvalue weighted by atomic mass is 10.1. The molecule has 2 N–H and O–H groups in total. The highest BCUT2D eigenvalue weighted by molar-refractivity contribution is 8.00. The number of carbonyl (C=O) groups is 2. The van der Waals surface area contributed by atoms with E-state index in [1.54, 1.807) is 7.11 Å². The summed E-state index contributed by atoms with van der Waals surface area (Å²) in [5, 5.41) is 11.6. The normalized spacial score (nSPS) is 11.7. The molecule has 1 atom stereocenters. The third-order valence-electron chi connectivity index (χ3n) is 2.89. The molecule has 1 unspecified atom stereocenters. The lowest BCUT2D eigenvalue weighted by Crippen LogP contribution is -2.41. The number of carboxylic acids is 1. The van der Waals surface area contributed by atoms with Gasteiger partial charge in [-0.1, -0.05) is 25.8 Å². The third kappa shape index (κ3) is 6.53. The Balaban J connectivity index is 2.46. The molecule has 1 aromatic carbocycles. The number of ether oxygens (including phenoxy) is 1. The predicted molar refractivity (Wildman–Crippen MR) is 82.8 cm³/mol. The van der Waals surface area contributed by atoms with Crippen molar-refractivity contribution in [2.75, 3.05) is 12.9 Å². The molecule has 1 amide bonds. The summed E-state index contributed by atoms with van der Waals surface area (Å²) in [7, 11) is 1.58. The molecule has 0 aliphatic carbocycles. The molecular formula is C15H21NO4S. The maximum absolute atomic E-state index is 11.8. The Kier molecular flexibility index (Phi) is 7.68. The average molecular weight is 311 g/mol. The zero-order valence-electron chi connectivity index (χ0n) is 12.3. The number of amides is 1. The number of hydrogen-bond donors (Lipinski definition) is 2. The van der Waals surface area contributed by atoms with Crippen LogP contribution >= 0.6 is 11.8 Å². The van der Waals surface area contributed by atoms with Crippen molar-refractivity contribution in [3.63, 3.8) is 0 Å². The fourth-order valence-corrected chi connectivity index (χ4v) is 2.50. The summed E-state index contributed by atoms with van der Waals surface area (Å²) in [4.78, 5) is 23.8. The largest absolute Gasteiger partial charge is 0.497 e. The minimum Gasteiger partial charge on any atom is -0.497 e. The molecule has 116 valence electrons. The first-order chi connectivity index (χ1) is 10.1. The van der Waals surface area contributed by atoms with Crippen LogP contribution in [-0.4, -0.2) is 35.9 Å². The van der Waals surface area contributed by atoms with E-state index in [0.717, 1.165) is 23.5 Å². The molecule has 0 heterocycles. The number of hydrogen-bond acceptors (Lipinski definition) is 4. The van der Waals surface area contributed by atoms with Crippen LogP contribution in [0.15, 0.2) is 29.2 Å². The number of carboxylic acid groups (broad SMARTS) is 1. The van der Waals surface area contributed by atoms with Gasteiger partial charge >= 0.3 is 5.97 Å². The van der Waals surface area contributed by atoms with Crippen LogP contribution in [0.25, 0.3) is 0 Å². The quantitative estimate of drug-likeness (QED) is 0.685. The number of thioether (sulfide) groups is 1. The minimum absolute atomic E-state index is 0.184. The first-order valence-electron chi connectivity index (χ1n) is 6.85. The molecule has 1 rings (SSSR count). The second-order valence-corrected chi connectivity index (χ2v) is 5.62. The Bertz CT molecular complexity index is 478. The van der Waals surface area contributed by atoms with Gasteiger partial charge in [-0.15, -0.1) is 11.8 Å². The van der Waals surface area contributed by atoms with Crippen LogP contribution in [-0.2, 0) is 9.59 Å². The van der Waals surface area contributed by atoms with Gasteiger partial charge in [0.05, 0.1) is 12.9 Å². The molecule has 0 saturated carbocycles. The molecule has 0 spiro atoms. The molecular weight excluding hydrogens is 290 g/mol. The van der Waals surface area contributed by atoms with Gasteiger partial charge in [-0.3, -0.25) is 4.79 Å². The van der Waals surface area contributed by atoms with Gasteiger partial charge in [0.1, 0.15) is 11.8 Å². The standard InChI is InChI=1S/C15H21NO4S/c1-3-4-8-13(15(18)19)16-14(17)10-21-12-7-5-6-11(9-12)20-2/h5-7,9,13H,3-4,8,10H2,1-2H3,(H,16,17)(H,18,19). The number of rotatable bonds is 9. The molecule has 1 aromatic rings. The summed E-state index contributed by atoms with van der Waals surface area (Å²) in [6.45, 7) is 1.99. The second-order valence-electron chi connectivity index (χ2n) is 4.57. The number of unbranched alkanes of at least 4 members (excludes halogenated alkanes) is 1. The Labute approximate surface area is 129 Å². The molecule has 0 aromatic heterocycles. The molecule has 0 saturated heterocycles. The van der Waals surface area contributed by atoms with Crippen LogP contribution in [0.1, 0.15) is 26.2 Å². The Morgan fingerprint density at radius 1 is 1.43 bits per heavy atom. The van der Waals surface area contributed by atoms with Crippen molar-refractivity contribution in [1.29, 1.82) is 0 Å². The molecule has 5 nitrogen and oxygen atoms in total. The van der Waals surface area contributed by atoms with E-state index in [2.05, 4.69) is 5.32 Å². The van der Waals surface area contributed by atoms with Crippen molar-refractivity contribution in [2.24, 2.45) is 0 Å². The van der Waals surface area contributed by atoms with Gasteiger partial charge in [-0.05, 0) is 24.6 Å². The van der Waals surface area contributed by atoms with E-state index in [-0.39, 0.29) is 11.7 Å². The first-order valence-corrected chi connectivity index (χ1v) is 7.84. The summed E-state index contributed by atoms with van der Waals surface area (Å²) in [5.41, 5.74) is 0. The monoisotopic (exact) mass is 311 g/mol. The van der Waals surface area contributed by atoms with Gasteiger partial charge in [0.25, 0.3) is 0 Å². The number of methoxy groups -OCH3 is 1. The average Bonchev–Trinajstić information content (AvgIpc) is 2.49. The lowest BCUT2D eigenvalue weighted by molar-refractivity contribution is -0.141. The minimum atomic E-state index is -0.983. The number of nitrogens with one attached hydrogen (secondary N) is 1. The van der Waals surface area contributed by atoms with Crippen LogP contribution < -0.4 is 10.1 Å². The number of aliphatic carboxylic acids is 1.